The maximum absolute atomic E-state index is 11.4. The molecule has 0 aliphatic carbocycles. The molecule has 12 heteroatoms. The van der Waals surface area contributed by atoms with Gasteiger partial charge in [-0.05, 0) is 61.2 Å². The molecule has 1 aliphatic rings. The monoisotopic (exact) mass is 550 g/mol. The zero-order chi connectivity index (χ0) is 26.9. The zero-order valence-electron chi connectivity index (χ0n) is 19.4. The number of alkyl halides is 3. The second kappa shape index (κ2) is 13.7. The van der Waals surface area contributed by atoms with E-state index in [1.807, 2.05) is 12.1 Å². The van der Waals surface area contributed by atoms with Crippen LogP contribution in [0, 0.1) is 5.92 Å². The number of rotatable bonds is 8. The Morgan fingerprint density at radius 3 is 2.36 bits per heavy atom. The molecule has 3 N–H and O–H groups in total. The van der Waals surface area contributed by atoms with Crippen LogP contribution in [0.5, 0.6) is 5.75 Å². The van der Waals surface area contributed by atoms with Crippen LogP contribution < -0.4 is 10.1 Å². The fraction of sp³-hybridized carbons (Fsp3) is 0.417. The quantitative estimate of drug-likeness (QED) is 0.432. The highest BCUT2D eigenvalue weighted by Crippen LogP contribution is 2.28. The first-order valence-electron chi connectivity index (χ1n) is 11.0. The summed E-state index contributed by atoms with van der Waals surface area (Å²) in [4.78, 5) is 22.5. The summed E-state index contributed by atoms with van der Waals surface area (Å²) >= 11 is 11.9. The number of anilines is 1. The average Bonchev–Trinajstić information content (AvgIpc) is 3.20. The minimum Gasteiger partial charge on any atom is -0.489 e. The molecule has 2 unspecified atom stereocenters. The van der Waals surface area contributed by atoms with Gasteiger partial charge in [0.1, 0.15) is 18.5 Å². The number of nitrogens with one attached hydrogen (secondary N) is 1. The molecule has 198 valence electrons. The Morgan fingerprint density at radius 2 is 1.78 bits per heavy atom. The maximum Gasteiger partial charge on any atom is 0.490 e. The van der Waals surface area contributed by atoms with Gasteiger partial charge in [-0.15, -0.1) is 0 Å². The van der Waals surface area contributed by atoms with Gasteiger partial charge in [0.05, 0.1) is 5.69 Å². The van der Waals surface area contributed by atoms with E-state index < -0.39 is 18.2 Å². The lowest BCUT2D eigenvalue weighted by Gasteiger charge is -2.21. The summed E-state index contributed by atoms with van der Waals surface area (Å²) in [6.45, 7) is 4.05. The van der Waals surface area contributed by atoms with Gasteiger partial charge in [0, 0.05) is 30.1 Å². The maximum atomic E-state index is 11.4. The Hall–Kier alpha value is -2.53. The number of carbonyl (C=O) groups excluding carboxylic acids is 1. The highest BCUT2D eigenvalue weighted by Gasteiger charge is 2.38. The number of benzene rings is 2. The topological polar surface area (TPSA) is 99.1 Å². The lowest BCUT2D eigenvalue weighted by molar-refractivity contribution is -0.192. The molecule has 7 nitrogen and oxygen atoms in total. The van der Waals surface area contributed by atoms with Crippen LogP contribution in [0.15, 0.2) is 42.5 Å². The van der Waals surface area contributed by atoms with Gasteiger partial charge >= 0.3 is 12.1 Å². The third-order valence-electron chi connectivity index (χ3n) is 5.20. The van der Waals surface area contributed by atoms with Crippen LogP contribution in [-0.2, 0) is 16.0 Å². The lowest BCUT2D eigenvalue weighted by Crippen LogP contribution is -2.34. The molecule has 1 aliphatic heterocycles. The Morgan fingerprint density at radius 1 is 1.17 bits per heavy atom. The molecule has 1 amide bonds. The Bertz CT molecular complexity index is 1020. The summed E-state index contributed by atoms with van der Waals surface area (Å²) in [5.41, 5.74) is 1.79. The van der Waals surface area contributed by atoms with Gasteiger partial charge < -0.3 is 25.2 Å². The Labute approximate surface area is 216 Å². The zero-order valence-corrected chi connectivity index (χ0v) is 20.9. The van der Waals surface area contributed by atoms with E-state index in [2.05, 4.69) is 22.3 Å². The van der Waals surface area contributed by atoms with Crippen LogP contribution in [0.25, 0.3) is 0 Å². The third-order valence-corrected chi connectivity index (χ3v) is 5.69. The first kappa shape index (κ1) is 29.7. The summed E-state index contributed by atoms with van der Waals surface area (Å²) in [7, 11) is 0. The van der Waals surface area contributed by atoms with Crippen molar-refractivity contribution in [3.8, 4) is 5.75 Å². The van der Waals surface area contributed by atoms with Crippen molar-refractivity contribution in [3.63, 3.8) is 0 Å². The molecular formula is C24H27Cl2F3N2O5. The number of likely N-dealkylation sites (tertiary alicyclic amines) is 1. The van der Waals surface area contributed by atoms with Crippen molar-refractivity contribution in [1.82, 2.24) is 4.90 Å². The summed E-state index contributed by atoms with van der Waals surface area (Å²) in [6, 6.07) is 13.0. The number of aliphatic carboxylic acids is 1. The number of nitrogens with zero attached hydrogens (tertiary/aromatic N) is 1. The summed E-state index contributed by atoms with van der Waals surface area (Å²) in [5.74, 6) is -1.90. The van der Waals surface area contributed by atoms with Crippen molar-refractivity contribution in [2.75, 3.05) is 31.6 Å². The molecule has 3 rings (SSSR count). The number of carbonyl (C=O) groups is 2. The largest absolute Gasteiger partial charge is 0.490 e. The fourth-order valence-electron chi connectivity index (χ4n) is 3.65. The molecule has 0 aromatic heterocycles. The standard InChI is InChI=1S/C22H26Cl2N2O3.C2HF3O2/c1-15(27)25-21-11-19(24)6-7-22(21)29-14-20(28)13-26-9-8-17(12-26)10-16-2-4-18(23)5-3-16;3-2(4,5)1(6)7/h2-7,11,17,20,28H,8-10,12-14H2,1H3,(H,25,27);(H,6,7). The van der Waals surface area contributed by atoms with Crippen molar-refractivity contribution in [2.24, 2.45) is 5.92 Å². The van der Waals surface area contributed by atoms with Gasteiger partial charge in [0.2, 0.25) is 5.91 Å². The molecule has 0 radical (unpaired) electrons. The number of aliphatic hydroxyl groups excluding tert-OH is 1. The number of β-amino-alcohol motifs (C(OH)–C–C–N with tert-alkyl or cyclic N) is 1. The van der Waals surface area contributed by atoms with Gasteiger partial charge in [-0.2, -0.15) is 13.2 Å². The molecule has 2 aromatic carbocycles. The molecule has 2 atom stereocenters. The van der Waals surface area contributed by atoms with E-state index in [0.717, 1.165) is 31.0 Å². The molecule has 36 heavy (non-hydrogen) atoms. The van der Waals surface area contributed by atoms with Crippen molar-refractivity contribution < 1.29 is 37.7 Å². The van der Waals surface area contributed by atoms with Crippen molar-refractivity contribution in [2.45, 2.75) is 32.0 Å². The van der Waals surface area contributed by atoms with Gasteiger partial charge in [0.25, 0.3) is 0 Å². The number of aliphatic hydroxyl groups is 1. The van der Waals surface area contributed by atoms with E-state index in [1.54, 1.807) is 18.2 Å². The third kappa shape index (κ3) is 10.6. The number of hydrogen-bond acceptors (Lipinski definition) is 5. The number of carboxylic acids is 1. The molecular weight excluding hydrogens is 524 g/mol. The Kier molecular flexibility index (Phi) is 11.3. The first-order valence-corrected chi connectivity index (χ1v) is 11.7. The summed E-state index contributed by atoms with van der Waals surface area (Å²) in [5, 5.41) is 21.5. The first-order chi connectivity index (χ1) is 16.8. The van der Waals surface area contributed by atoms with E-state index in [9.17, 15) is 23.1 Å². The highest BCUT2D eigenvalue weighted by molar-refractivity contribution is 6.31. The second-order valence-corrected chi connectivity index (χ2v) is 9.21. The fourth-order valence-corrected chi connectivity index (χ4v) is 3.95. The minimum absolute atomic E-state index is 0.145. The number of carboxylic acid groups (broad SMARTS) is 1. The number of hydrogen-bond donors (Lipinski definition) is 3. The van der Waals surface area contributed by atoms with Gasteiger partial charge in [-0.3, -0.25) is 4.79 Å². The van der Waals surface area contributed by atoms with E-state index in [0.29, 0.717) is 28.9 Å². The number of halogens is 5. The predicted octanol–water partition coefficient (Wildman–Crippen LogP) is 4.89. The van der Waals surface area contributed by atoms with Crippen molar-refractivity contribution in [3.05, 3.63) is 58.1 Å². The van der Waals surface area contributed by atoms with Gasteiger partial charge in [-0.25, -0.2) is 4.79 Å². The lowest BCUT2D eigenvalue weighted by atomic mass is 9.99. The molecule has 1 heterocycles. The molecule has 1 fully saturated rings. The summed E-state index contributed by atoms with van der Waals surface area (Å²) in [6.07, 6.45) is -3.57. The van der Waals surface area contributed by atoms with Gasteiger partial charge in [-0.1, -0.05) is 35.3 Å². The normalized spacial score (nSPS) is 16.6. The highest BCUT2D eigenvalue weighted by atomic mass is 35.5. The van der Waals surface area contributed by atoms with E-state index >= 15 is 0 Å². The predicted molar refractivity (Wildman–Crippen MR) is 131 cm³/mol. The second-order valence-electron chi connectivity index (χ2n) is 8.33. The molecule has 0 spiro atoms. The van der Waals surface area contributed by atoms with Crippen LogP contribution >= 0.6 is 23.2 Å². The minimum atomic E-state index is -5.08. The molecule has 2 aromatic rings. The van der Waals surface area contributed by atoms with Crippen LogP contribution in [0.2, 0.25) is 10.0 Å². The van der Waals surface area contributed by atoms with Gasteiger partial charge in [0.15, 0.2) is 0 Å². The smallest absolute Gasteiger partial charge is 0.489 e. The average molecular weight is 551 g/mol. The van der Waals surface area contributed by atoms with Crippen molar-refractivity contribution >= 4 is 40.8 Å². The molecule has 1 saturated heterocycles. The Balaban J connectivity index is 0.000000572. The molecule has 0 saturated carbocycles. The van der Waals surface area contributed by atoms with E-state index in [-0.39, 0.29) is 12.5 Å². The van der Waals surface area contributed by atoms with Crippen LogP contribution in [0.1, 0.15) is 18.9 Å². The molecule has 0 bridgehead atoms. The van der Waals surface area contributed by atoms with Crippen LogP contribution in [0.3, 0.4) is 0 Å². The summed E-state index contributed by atoms with van der Waals surface area (Å²) < 4.78 is 37.5. The van der Waals surface area contributed by atoms with Crippen molar-refractivity contribution in [1.29, 1.82) is 0 Å². The number of amides is 1. The van der Waals surface area contributed by atoms with Crippen LogP contribution in [0.4, 0.5) is 18.9 Å². The SMILES string of the molecule is CC(=O)Nc1cc(Cl)ccc1OCC(O)CN1CCC(Cc2ccc(Cl)cc2)C1.O=C(O)C(F)(F)F. The van der Waals surface area contributed by atoms with E-state index in [1.165, 1.54) is 12.5 Å². The number of ether oxygens (including phenoxy) is 1. The van der Waals surface area contributed by atoms with E-state index in [4.69, 9.17) is 37.8 Å². The van der Waals surface area contributed by atoms with Crippen LogP contribution in [-0.4, -0.2) is 65.5 Å².